The van der Waals surface area contributed by atoms with Gasteiger partial charge in [0, 0.05) is 23.7 Å². The highest BCUT2D eigenvalue weighted by Crippen LogP contribution is 2.35. The summed E-state index contributed by atoms with van der Waals surface area (Å²) in [4.78, 5) is 14.2. The molecule has 1 saturated carbocycles. The molecule has 28 heavy (non-hydrogen) atoms. The fraction of sp³-hybridized carbons (Fsp3) is 0.375. The summed E-state index contributed by atoms with van der Waals surface area (Å²) < 4.78 is 6.47. The van der Waals surface area contributed by atoms with Crippen LogP contribution in [-0.4, -0.2) is 22.2 Å². The van der Waals surface area contributed by atoms with Gasteiger partial charge in [-0.15, -0.1) is 0 Å². The van der Waals surface area contributed by atoms with E-state index in [1.165, 1.54) is 25.7 Å². The van der Waals surface area contributed by atoms with Crippen LogP contribution in [-0.2, 0) is 11.2 Å². The van der Waals surface area contributed by atoms with Crippen LogP contribution in [0.3, 0.4) is 0 Å². The molecule has 1 heterocycles. The Balaban J connectivity index is 1.68. The van der Waals surface area contributed by atoms with Crippen LogP contribution in [0.1, 0.15) is 50.5 Å². The van der Waals surface area contributed by atoms with Gasteiger partial charge in [0.15, 0.2) is 0 Å². The summed E-state index contributed by atoms with van der Waals surface area (Å²) in [5.74, 6) is 0.134. The molecule has 2 N–H and O–H groups in total. The van der Waals surface area contributed by atoms with E-state index >= 15 is 0 Å². The van der Waals surface area contributed by atoms with E-state index in [-0.39, 0.29) is 12.5 Å². The highest BCUT2D eigenvalue weighted by Gasteiger charge is 2.17. The molecular weight excluding hydrogens is 350 g/mol. The van der Waals surface area contributed by atoms with Crippen molar-refractivity contribution in [2.45, 2.75) is 57.5 Å². The number of hydrogen-bond donors (Lipinski definition) is 2. The lowest BCUT2D eigenvalue weighted by molar-refractivity contribution is -0.136. The lowest BCUT2D eigenvalue weighted by Crippen LogP contribution is -2.15. The maximum absolute atomic E-state index is 11.0. The SMILES string of the molecule is O=C(O)CCc1ccc(OC2CCCCCC2)c(-c2ccc3[nH]ccc3c2)c1. The van der Waals surface area contributed by atoms with Gasteiger partial charge >= 0.3 is 5.97 Å². The van der Waals surface area contributed by atoms with Crippen molar-refractivity contribution in [3.8, 4) is 16.9 Å². The van der Waals surface area contributed by atoms with Crippen molar-refractivity contribution >= 4 is 16.9 Å². The van der Waals surface area contributed by atoms with Gasteiger partial charge < -0.3 is 14.8 Å². The number of H-pyrrole nitrogens is 1. The summed E-state index contributed by atoms with van der Waals surface area (Å²) in [5.41, 5.74) is 4.29. The minimum absolute atomic E-state index is 0.138. The first-order chi connectivity index (χ1) is 13.7. The van der Waals surface area contributed by atoms with Gasteiger partial charge in [0.1, 0.15) is 5.75 Å². The smallest absolute Gasteiger partial charge is 0.303 e. The van der Waals surface area contributed by atoms with Crippen LogP contribution in [0.15, 0.2) is 48.7 Å². The number of hydrogen-bond acceptors (Lipinski definition) is 2. The predicted molar refractivity (Wildman–Crippen MR) is 112 cm³/mol. The molecule has 3 aromatic rings. The van der Waals surface area contributed by atoms with E-state index in [9.17, 15) is 4.79 Å². The number of aryl methyl sites for hydroxylation is 1. The third kappa shape index (κ3) is 4.38. The summed E-state index contributed by atoms with van der Waals surface area (Å²) in [6.45, 7) is 0. The number of carbonyl (C=O) groups is 1. The maximum Gasteiger partial charge on any atom is 0.303 e. The number of nitrogens with one attached hydrogen (secondary N) is 1. The van der Waals surface area contributed by atoms with Gasteiger partial charge in [0.2, 0.25) is 0 Å². The number of carboxylic acid groups (broad SMARTS) is 1. The Hall–Kier alpha value is -2.75. The molecule has 1 aliphatic rings. The Morgan fingerprint density at radius 2 is 1.86 bits per heavy atom. The van der Waals surface area contributed by atoms with Crippen LogP contribution in [0.5, 0.6) is 5.75 Å². The van der Waals surface area contributed by atoms with E-state index in [0.29, 0.717) is 6.42 Å². The van der Waals surface area contributed by atoms with E-state index in [2.05, 4.69) is 35.3 Å². The van der Waals surface area contributed by atoms with Gasteiger partial charge in [0.25, 0.3) is 0 Å². The first-order valence-electron chi connectivity index (χ1n) is 10.3. The molecule has 2 aromatic carbocycles. The van der Waals surface area contributed by atoms with Crippen LogP contribution < -0.4 is 4.74 Å². The first-order valence-corrected chi connectivity index (χ1v) is 10.3. The Morgan fingerprint density at radius 3 is 2.64 bits per heavy atom. The van der Waals surface area contributed by atoms with Crippen LogP contribution in [0.4, 0.5) is 0 Å². The van der Waals surface area contributed by atoms with Gasteiger partial charge in [-0.3, -0.25) is 4.79 Å². The second-order valence-corrected chi connectivity index (χ2v) is 7.74. The van der Waals surface area contributed by atoms with E-state index in [1.807, 2.05) is 18.3 Å². The monoisotopic (exact) mass is 377 g/mol. The maximum atomic E-state index is 11.0. The molecule has 0 saturated heterocycles. The lowest BCUT2D eigenvalue weighted by Gasteiger charge is -2.20. The van der Waals surface area contributed by atoms with Crippen LogP contribution in [0.25, 0.3) is 22.0 Å². The van der Waals surface area contributed by atoms with E-state index in [4.69, 9.17) is 9.84 Å². The molecular formula is C24H27NO3. The fourth-order valence-electron chi connectivity index (χ4n) is 4.07. The van der Waals surface area contributed by atoms with E-state index in [0.717, 1.165) is 46.2 Å². The second kappa shape index (κ2) is 8.51. The largest absolute Gasteiger partial charge is 0.490 e. The zero-order valence-corrected chi connectivity index (χ0v) is 16.1. The van der Waals surface area contributed by atoms with Gasteiger partial charge in [-0.1, -0.05) is 25.0 Å². The Morgan fingerprint density at radius 1 is 1.04 bits per heavy atom. The number of benzene rings is 2. The summed E-state index contributed by atoms with van der Waals surface area (Å²) in [6, 6.07) is 14.6. The number of aliphatic carboxylic acids is 1. The number of aromatic amines is 1. The molecule has 0 unspecified atom stereocenters. The molecule has 1 aromatic heterocycles. The standard InChI is InChI=1S/C24H27NO3/c26-24(27)12-8-17-7-11-23(28-20-5-3-1-2-4-6-20)21(15-17)18-9-10-22-19(16-18)13-14-25-22/h7,9-11,13-16,20,25H,1-6,8,12H2,(H,26,27). The average Bonchev–Trinajstić information content (AvgIpc) is 3.02. The van der Waals surface area contributed by atoms with Gasteiger partial charge in [-0.25, -0.2) is 0 Å². The summed E-state index contributed by atoms with van der Waals surface area (Å²) in [6.07, 6.45) is 10.1. The molecule has 4 rings (SSSR count). The molecule has 0 aliphatic heterocycles. The molecule has 1 aliphatic carbocycles. The fourth-order valence-corrected chi connectivity index (χ4v) is 4.07. The minimum atomic E-state index is -0.769. The molecule has 0 atom stereocenters. The van der Waals surface area contributed by atoms with Crippen molar-refractivity contribution in [1.82, 2.24) is 4.98 Å². The Labute approximate surface area is 165 Å². The summed E-state index contributed by atoms with van der Waals surface area (Å²) in [7, 11) is 0. The number of ether oxygens (including phenoxy) is 1. The predicted octanol–water partition coefficient (Wildman–Crippen LogP) is 5.95. The molecule has 146 valence electrons. The van der Waals surface area contributed by atoms with Crippen LogP contribution in [0.2, 0.25) is 0 Å². The zero-order chi connectivity index (χ0) is 19.3. The first kappa shape index (κ1) is 18.6. The molecule has 0 radical (unpaired) electrons. The zero-order valence-electron chi connectivity index (χ0n) is 16.1. The van der Waals surface area contributed by atoms with Crippen molar-refractivity contribution < 1.29 is 14.6 Å². The molecule has 0 amide bonds. The molecule has 4 heteroatoms. The Kier molecular flexibility index (Phi) is 5.65. The van der Waals surface area contributed by atoms with Crippen molar-refractivity contribution in [2.24, 2.45) is 0 Å². The van der Waals surface area contributed by atoms with Gasteiger partial charge in [0.05, 0.1) is 6.10 Å². The van der Waals surface area contributed by atoms with Crippen LogP contribution >= 0.6 is 0 Å². The molecule has 1 fully saturated rings. The number of carboxylic acids is 1. The van der Waals surface area contributed by atoms with Crippen molar-refractivity contribution in [3.05, 3.63) is 54.2 Å². The van der Waals surface area contributed by atoms with E-state index < -0.39 is 5.97 Å². The highest BCUT2D eigenvalue weighted by molar-refractivity contribution is 5.86. The molecule has 0 spiro atoms. The molecule has 0 bridgehead atoms. The second-order valence-electron chi connectivity index (χ2n) is 7.74. The van der Waals surface area contributed by atoms with Gasteiger partial charge in [-0.05, 0) is 78.9 Å². The van der Waals surface area contributed by atoms with E-state index in [1.54, 1.807) is 0 Å². The highest BCUT2D eigenvalue weighted by atomic mass is 16.5. The number of rotatable bonds is 6. The average molecular weight is 377 g/mol. The topological polar surface area (TPSA) is 62.3 Å². The van der Waals surface area contributed by atoms with Crippen molar-refractivity contribution in [2.75, 3.05) is 0 Å². The Bertz CT molecular complexity index is 951. The normalized spacial score (nSPS) is 15.4. The van der Waals surface area contributed by atoms with Crippen molar-refractivity contribution in [3.63, 3.8) is 0 Å². The summed E-state index contributed by atoms with van der Waals surface area (Å²) >= 11 is 0. The van der Waals surface area contributed by atoms with Crippen LogP contribution in [0, 0.1) is 0 Å². The third-order valence-electron chi connectivity index (χ3n) is 5.63. The number of fused-ring (bicyclic) bond motifs is 1. The third-order valence-corrected chi connectivity index (χ3v) is 5.63. The molecule has 4 nitrogen and oxygen atoms in total. The number of aromatic nitrogens is 1. The van der Waals surface area contributed by atoms with Crippen molar-refractivity contribution in [1.29, 1.82) is 0 Å². The lowest BCUT2D eigenvalue weighted by atomic mass is 9.98. The summed E-state index contributed by atoms with van der Waals surface area (Å²) in [5, 5.41) is 10.2. The minimum Gasteiger partial charge on any atom is -0.490 e. The van der Waals surface area contributed by atoms with Gasteiger partial charge in [-0.2, -0.15) is 0 Å². The quantitative estimate of drug-likeness (QED) is 0.522.